The second-order valence-electron chi connectivity index (χ2n) is 8.81. The number of nitrogens with one attached hydrogen (secondary N) is 3. The molecule has 0 bridgehead atoms. The molecule has 0 saturated heterocycles. The Morgan fingerprint density at radius 1 is 0.684 bits per heavy atom. The summed E-state index contributed by atoms with van der Waals surface area (Å²) in [5.41, 5.74) is 12.1. The molecule has 10 N–H and O–H groups in total. The number of carboxylic acid groups (broad SMARTS) is 1. The van der Waals surface area contributed by atoms with Crippen molar-refractivity contribution in [2.45, 2.75) is 50.2 Å². The van der Waals surface area contributed by atoms with Crippen molar-refractivity contribution in [2.24, 2.45) is 11.5 Å². The summed E-state index contributed by atoms with van der Waals surface area (Å²) in [4.78, 5) is 50.2. The molecule has 0 saturated carbocycles. The lowest BCUT2D eigenvalue weighted by Crippen LogP contribution is -2.57. The van der Waals surface area contributed by atoms with E-state index in [1.165, 1.54) is 24.3 Å². The van der Waals surface area contributed by atoms with Crippen molar-refractivity contribution in [3.8, 4) is 11.5 Å². The van der Waals surface area contributed by atoms with Crippen molar-refractivity contribution < 1.29 is 34.5 Å². The fraction of sp³-hybridized carbons (Fsp3) is 0.385. The fourth-order valence-electron chi connectivity index (χ4n) is 3.70. The summed E-state index contributed by atoms with van der Waals surface area (Å²) in [6.07, 6.45) is 1.36. The SMILES string of the molecule is NCCCCC(NC(=O)CN)C(=O)NC(Cc1ccc(O)cc1)C(=O)NC(Cc1ccc(O)cc1)C(=O)O. The van der Waals surface area contributed by atoms with Crippen LogP contribution in [0, 0.1) is 0 Å². The van der Waals surface area contributed by atoms with Gasteiger partial charge in [-0.3, -0.25) is 14.4 Å². The van der Waals surface area contributed by atoms with Gasteiger partial charge in [-0.05, 0) is 61.2 Å². The van der Waals surface area contributed by atoms with E-state index in [4.69, 9.17) is 11.5 Å². The van der Waals surface area contributed by atoms with E-state index >= 15 is 0 Å². The van der Waals surface area contributed by atoms with Crippen molar-refractivity contribution in [3.05, 3.63) is 59.7 Å². The minimum Gasteiger partial charge on any atom is -0.508 e. The molecule has 2 rings (SSSR count). The molecule has 0 spiro atoms. The Bertz CT molecular complexity index is 1080. The lowest BCUT2D eigenvalue weighted by Gasteiger charge is -2.25. The molecule has 3 unspecified atom stereocenters. The van der Waals surface area contributed by atoms with E-state index in [1.54, 1.807) is 24.3 Å². The topological polar surface area (TPSA) is 217 Å². The summed E-state index contributed by atoms with van der Waals surface area (Å²) in [6, 6.07) is 8.41. The van der Waals surface area contributed by atoms with E-state index in [9.17, 15) is 34.5 Å². The molecule has 0 aliphatic heterocycles. The first-order valence-electron chi connectivity index (χ1n) is 12.2. The minimum absolute atomic E-state index is 0.0102. The summed E-state index contributed by atoms with van der Waals surface area (Å²) in [6.45, 7) is 0.0817. The van der Waals surface area contributed by atoms with Gasteiger partial charge in [0.2, 0.25) is 17.7 Å². The van der Waals surface area contributed by atoms with Gasteiger partial charge in [-0.15, -0.1) is 0 Å². The van der Waals surface area contributed by atoms with Gasteiger partial charge in [0, 0.05) is 12.8 Å². The molecule has 0 aromatic heterocycles. The van der Waals surface area contributed by atoms with Crippen LogP contribution in [0.3, 0.4) is 0 Å². The normalized spacial score (nSPS) is 13.1. The Hall–Kier alpha value is -4.16. The number of unbranched alkanes of at least 4 members (excludes halogenated alkanes) is 1. The number of carbonyl (C=O) groups is 4. The van der Waals surface area contributed by atoms with Gasteiger partial charge in [0.05, 0.1) is 6.54 Å². The Morgan fingerprint density at radius 2 is 1.16 bits per heavy atom. The summed E-state index contributed by atoms with van der Waals surface area (Å²) >= 11 is 0. The molecule has 3 atom stereocenters. The molecule has 3 amide bonds. The molecule has 0 aliphatic rings. The van der Waals surface area contributed by atoms with Crippen molar-refractivity contribution in [3.63, 3.8) is 0 Å². The first-order valence-corrected chi connectivity index (χ1v) is 12.2. The summed E-state index contributed by atoms with van der Waals surface area (Å²) in [5, 5.41) is 36.4. The maximum Gasteiger partial charge on any atom is 0.326 e. The van der Waals surface area contributed by atoms with Crippen LogP contribution < -0.4 is 27.4 Å². The van der Waals surface area contributed by atoms with E-state index in [2.05, 4.69) is 16.0 Å². The van der Waals surface area contributed by atoms with E-state index in [-0.39, 0.29) is 37.3 Å². The van der Waals surface area contributed by atoms with Gasteiger partial charge in [-0.25, -0.2) is 4.79 Å². The fourth-order valence-corrected chi connectivity index (χ4v) is 3.70. The Balaban J connectivity index is 2.24. The number of carboxylic acids is 1. The molecule has 0 heterocycles. The zero-order valence-corrected chi connectivity index (χ0v) is 20.9. The van der Waals surface area contributed by atoms with Crippen molar-refractivity contribution >= 4 is 23.7 Å². The van der Waals surface area contributed by atoms with Gasteiger partial charge in [-0.2, -0.15) is 0 Å². The summed E-state index contributed by atoms with van der Waals surface area (Å²) in [5.74, 6) is -3.17. The second-order valence-corrected chi connectivity index (χ2v) is 8.81. The predicted octanol–water partition coefficient (Wildman–Crippen LogP) is -0.490. The van der Waals surface area contributed by atoms with Gasteiger partial charge in [0.1, 0.15) is 29.6 Å². The van der Waals surface area contributed by atoms with E-state index in [1.807, 2.05) is 0 Å². The largest absolute Gasteiger partial charge is 0.508 e. The van der Waals surface area contributed by atoms with Crippen LogP contribution in [0.5, 0.6) is 11.5 Å². The molecule has 0 fully saturated rings. The average Bonchev–Trinajstić information content (AvgIpc) is 2.89. The van der Waals surface area contributed by atoms with Crippen molar-refractivity contribution in [1.29, 1.82) is 0 Å². The summed E-state index contributed by atoms with van der Waals surface area (Å²) in [7, 11) is 0. The molecule has 0 radical (unpaired) electrons. The predicted molar refractivity (Wildman–Crippen MR) is 139 cm³/mol. The monoisotopic (exact) mass is 529 g/mol. The maximum absolute atomic E-state index is 13.3. The lowest BCUT2D eigenvalue weighted by atomic mass is 10.0. The highest BCUT2D eigenvalue weighted by Gasteiger charge is 2.29. The van der Waals surface area contributed by atoms with Gasteiger partial charge < -0.3 is 42.7 Å². The number of nitrogens with two attached hydrogens (primary N) is 2. The number of phenolic OH excluding ortho intramolecular Hbond substituents is 2. The third-order valence-corrected chi connectivity index (χ3v) is 5.78. The third-order valence-electron chi connectivity index (χ3n) is 5.78. The molecule has 38 heavy (non-hydrogen) atoms. The number of benzene rings is 2. The highest BCUT2D eigenvalue weighted by molar-refractivity contribution is 5.93. The van der Waals surface area contributed by atoms with Crippen LogP contribution in [-0.2, 0) is 32.0 Å². The highest BCUT2D eigenvalue weighted by atomic mass is 16.4. The third kappa shape index (κ3) is 10.1. The van der Waals surface area contributed by atoms with Crippen molar-refractivity contribution in [1.82, 2.24) is 16.0 Å². The molecule has 2 aromatic rings. The van der Waals surface area contributed by atoms with Crippen LogP contribution >= 0.6 is 0 Å². The molecule has 206 valence electrons. The maximum atomic E-state index is 13.3. The van der Waals surface area contributed by atoms with E-state index < -0.39 is 41.8 Å². The van der Waals surface area contributed by atoms with Crippen LogP contribution in [-0.4, -0.2) is 70.2 Å². The first-order chi connectivity index (χ1) is 18.1. The lowest BCUT2D eigenvalue weighted by molar-refractivity contribution is -0.142. The summed E-state index contributed by atoms with van der Waals surface area (Å²) < 4.78 is 0. The van der Waals surface area contributed by atoms with Gasteiger partial charge in [0.15, 0.2) is 0 Å². The van der Waals surface area contributed by atoms with Crippen LogP contribution in [0.2, 0.25) is 0 Å². The minimum atomic E-state index is -1.32. The molecule has 12 heteroatoms. The smallest absolute Gasteiger partial charge is 0.326 e. The highest BCUT2D eigenvalue weighted by Crippen LogP contribution is 2.14. The van der Waals surface area contributed by atoms with Gasteiger partial charge in [-0.1, -0.05) is 24.3 Å². The van der Waals surface area contributed by atoms with E-state index in [0.29, 0.717) is 30.5 Å². The van der Waals surface area contributed by atoms with Crippen LogP contribution in [0.4, 0.5) is 0 Å². The van der Waals surface area contributed by atoms with Gasteiger partial charge >= 0.3 is 5.97 Å². The zero-order chi connectivity index (χ0) is 28.1. The molecule has 2 aromatic carbocycles. The number of rotatable bonds is 15. The number of aromatic hydroxyl groups is 2. The Kier molecular flexibility index (Phi) is 12.0. The number of hydrogen-bond donors (Lipinski definition) is 8. The molecular weight excluding hydrogens is 494 g/mol. The second kappa shape index (κ2) is 15.2. The average molecular weight is 530 g/mol. The quantitative estimate of drug-likeness (QED) is 0.139. The number of carbonyl (C=O) groups excluding carboxylic acids is 3. The zero-order valence-electron chi connectivity index (χ0n) is 20.9. The molecular formula is C26H35N5O7. The van der Waals surface area contributed by atoms with Gasteiger partial charge in [0.25, 0.3) is 0 Å². The number of hydrogen-bond acceptors (Lipinski definition) is 8. The number of amides is 3. The van der Waals surface area contributed by atoms with Crippen LogP contribution in [0.15, 0.2) is 48.5 Å². The standard InChI is InChI=1S/C26H35N5O7/c27-12-2-1-3-20(29-23(34)15-28)24(35)30-21(13-16-4-8-18(32)9-5-16)25(36)31-22(26(37)38)14-17-6-10-19(33)11-7-17/h4-11,20-22,32-33H,1-3,12-15,27-28H2,(H,29,34)(H,30,35)(H,31,36)(H,37,38). The van der Waals surface area contributed by atoms with E-state index in [0.717, 1.165) is 0 Å². The van der Waals surface area contributed by atoms with Crippen LogP contribution in [0.1, 0.15) is 30.4 Å². The molecule has 0 aliphatic carbocycles. The Labute approximate surface area is 220 Å². The van der Waals surface area contributed by atoms with Crippen LogP contribution in [0.25, 0.3) is 0 Å². The number of aliphatic carboxylic acids is 1. The number of phenols is 2. The van der Waals surface area contributed by atoms with Crippen molar-refractivity contribution in [2.75, 3.05) is 13.1 Å². The first kappa shape index (κ1) is 30.1. The Morgan fingerprint density at radius 3 is 1.63 bits per heavy atom. The molecule has 12 nitrogen and oxygen atoms in total.